The quantitative estimate of drug-likeness (QED) is 0.369. The van der Waals surface area contributed by atoms with Gasteiger partial charge in [-0.25, -0.2) is 4.79 Å². The lowest BCUT2D eigenvalue weighted by Crippen LogP contribution is -2.63. The van der Waals surface area contributed by atoms with E-state index in [2.05, 4.69) is 6.58 Å². The van der Waals surface area contributed by atoms with E-state index >= 15 is 0 Å². The third-order valence-corrected chi connectivity index (χ3v) is 3.02. The van der Waals surface area contributed by atoms with Crippen LogP contribution in [0.15, 0.2) is 12.7 Å². The van der Waals surface area contributed by atoms with Gasteiger partial charge in [0.15, 0.2) is 30.7 Å². The van der Waals surface area contributed by atoms with E-state index in [-0.39, 0.29) is 6.61 Å². The van der Waals surface area contributed by atoms with Crippen LogP contribution in [0.25, 0.3) is 0 Å². The van der Waals surface area contributed by atoms with E-state index in [9.17, 15) is 24.3 Å². The fourth-order valence-corrected chi connectivity index (χ4v) is 2.27. The van der Waals surface area contributed by atoms with Crippen LogP contribution < -0.4 is 0 Å². The highest BCUT2D eigenvalue weighted by Crippen LogP contribution is 2.29. The molecule has 1 fully saturated rings. The fraction of sp³-hybridized carbons (Fsp3) is 0.600. The number of esters is 3. The first-order valence-corrected chi connectivity index (χ1v) is 7.29. The molecule has 10 nitrogen and oxygen atoms in total. The van der Waals surface area contributed by atoms with Crippen LogP contribution in [0.4, 0.5) is 0 Å². The van der Waals surface area contributed by atoms with Crippen molar-refractivity contribution in [3.8, 4) is 0 Å². The first-order chi connectivity index (χ1) is 11.7. The number of aliphatic carboxylic acids is 1. The Bertz CT molecular complexity index is 542. The molecule has 0 aromatic rings. The molecule has 0 radical (unpaired) electrons. The van der Waals surface area contributed by atoms with Crippen LogP contribution in [0.3, 0.4) is 0 Å². The van der Waals surface area contributed by atoms with Gasteiger partial charge in [0, 0.05) is 20.8 Å². The molecule has 5 atom stereocenters. The molecule has 10 heteroatoms. The summed E-state index contributed by atoms with van der Waals surface area (Å²) in [5.41, 5.74) is 0. The topological polar surface area (TPSA) is 135 Å². The van der Waals surface area contributed by atoms with E-state index < -0.39 is 54.6 Å². The maximum Gasteiger partial charge on any atom is 0.337 e. The van der Waals surface area contributed by atoms with E-state index in [0.717, 1.165) is 20.8 Å². The molecule has 0 saturated carbocycles. The van der Waals surface area contributed by atoms with Gasteiger partial charge in [-0.15, -0.1) is 6.58 Å². The van der Waals surface area contributed by atoms with Crippen LogP contribution in [0.1, 0.15) is 20.8 Å². The van der Waals surface area contributed by atoms with Crippen molar-refractivity contribution in [1.82, 2.24) is 0 Å². The molecule has 140 valence electrons. The van der Waals surface area contributed by atoms with Crippen LogP contribution in [-0.4, -0.2) is 66.3 Å². The second-order valence-corrected chi connectivity index (χ2v) is 5.11. The maximum absolute atomic E-state index is 11.5. The smallest absolute Gasteiger partial charge is 0.337 e. The summed E-state index contributed by atoms with van der Waals surface area (Å²) in [4.78, 5) is 45.6. The van der Waals surface area contributed by atoms with Gasteiger partial charge in [-0.2, -0.15) is 0 Å². The van der Waals surface area contributed by atoms with Gasteiger partial charge in [-0.05, 0) is 0 Å². The molecule has 0 unspecified atom stereocenters. The van der Waals surface area contributed by atoms with E-state index in [1.807, 2.05) is 0 Å². The molecule has 1 rings (SSSR count). The van der Waals surface area contributed by atoms with Gasteiger partial charge < -0.3 is 28.8 Å². The number of ether oxygens (including phenoxy) is 5. The fourth-order valence-electron chi connectivity index (χ4n) is 2.27. The Hall–Kier alpha value is -2.46. The molecule has 25 heavy (non-hydrogen) atoms. The molecule has 0 aromatic carbocycles. The Morgan fingerprint density at radius 1 is 0.960 bits per heavy atom. The zero-order valence-corrected chi connectivity index (χ0v) is 14.0. The number of carbonyl (C=O) groups excluding carboxylic acids is 3. The first-order valence-electron chi connectivity index (χ1n) is 7.29. The predicted octanol–water partition coefficient (Wildman–Crippen LogP) is -0.206. The largest absolute Gasteiger partial charge is 0.479 e. The van der Waals surface area contributed by atoms with Crippen molar-refractivity contribution in [2.75, 3.05) is 6.61 Å². The number of carbonyl (C=O) groups is 4. The molecule has 1 N–H and O–H groups in total. The SMILES string of the molecule is C=CCO[C@H]1O[C@H](C(=O)O)[C@@H](OC(C)=O)[C@H](OC(C)=O)[C@H]1OC(C)=O. The maximum atomic E-state index is 11.5. The zero-order valence-electron chi connectivity index (χ0n) is 14.0. The van der Waals surface area contributed by atoms with Crippen molar-refractivity contribution in [3.05, 3.63) is 12.7 Å². The Morgan fingerprint density at radius 2 is 1.44 bits per heavy atom. The van der Waals surface area contributed by atoms with Crippen LogP contribution >= 0.6 is 0 Å². The summed E-state index contributed by atoms with van der Waals surface area (Å²) >= 11 is 0. The summed E-state index contributed by atoms with van der Waals surface area (Å²) in [7, 11) is 0. The van der Waals surface area contributed by atoms with Gasteiger partial charge in [0.05, 0.1) is 6.61 Å². The molecular formula is C15H20O10. The summed E-state index contributed by atoms with van der Waals surface area (Å²) in [6.07, 6.45) is -6.03. The van der Waals surface area contributed by atoms with Gasteiger partial charge in [-0.3, -0.25) is 14.4 Å². The average Bonchev–Trinajstić information content (AvgIpc) is 2.47. The summed E-state index contributed by atoms with van der Waals surface area (Å²) in [6, 6.07) is 0. The third-order valence-electron chi connectivity index (χ3n) is 3.02. The lowest BCUT2D eigenvalue weighted by atomic mass is 9.98. The van der Waals surface area contributed by atoms with Crippen LogP contribution in [0.2, 0.25) is 0 Å². The van der Waals surface area contributed by atoms with Crippen molar-refractivity contribution in [2.45, 2.75) is 51.5 Å². The van der Waals surface area contributed by atoms with E-state index in [4.69, 9.17) is 23.7 Å². The number of hydrogen-bond donors (Lipinski definition) is 1. The van der Waals surface area contributed by atoms with Crippen molar-refractivity contribution in [3.63, 3.8) is 0 Å². The van der Waals surface area contributed by atoms with Crippen molar-refractivity contribution < 1.29 is 48.0 Å². The zero-order chi connectivity index (χ0) is 19.1. The predicted molar refractivity (Wildman–Crippen MR) is 79.1 cm³/mol. The van der Waals surface area contributed by atoms with Crippen molar-refractivity contribution in [2.24, 2.45) is 0 Å². The minimum Gasteiger partial charge on any atom is -0.479 e. The van der Waals surface area contributed by atoms with Gasteiger partial charge >= 0.3 is 23.9 Å². The molecule has 1 aliphatic heterocycles. The molecular weight excluding hydrogens is 340 g/mol. The van der Waals surface area contributed by atoms with E-state index in [1.54, 1.807) is 0 Å². The standard InChI is InChI=1S/C15H20O10/c1-5-6-21-15-13(24-9(4)18)11(23-8(3)17)10(22-7(2)16)12(25-15)14(19)20/h5,10-13,15H,1,6H2,2-4H3,(H,19,20)/t10-,11-,12-,13+,15-/m0/s1. The van der Waals surface area contributed by atoms with Crippen LogP contribution in [-0.2, 0) is 42.9 Å². The second-order valence-electron chi connectivity index (χ2n) is 5.11. The van der Waals surface area contributed by atoms with Crippen molar-refractivity contribution in [1.29, 1.82) is 0 Å². The lowest BCUT2D eigenvalue weighted by Gasteiger charge is -2.42. The molecule has 0 aromatic heterocycles. The molecule has 1 aliphatic rings. The molecule has 0 bridgehead atoms. The van der Waals surface area contributed by atoms with E-state index in [1.165, 1.54) is 6.08 Å². The van der Waals surface area contributed by atoms with Gasteiger partial charge in [-0.1, -0.05) is 6.08 Å². The third kappa shape index (κ3) is 5.84. The van der Waals surface area contributed by atoms with Gasteiger partial charge in [0.1, 0.15) is 0 Å². The minimum atomic E-state index is -1.70. The van der Waals surface area contributed by atoms with Crippen LogP contribution in [0.5, 0.6) is 0 Å². The summed E-state index contributed by atoms with van der Waals surface area (Å²) in [6.45, 7) is 6.60. The Kier molecular flexibility index (Phi) is 7.52. The highest BCUT2D eigenvalue weighted by molar-refractivity contribution is 5.75. The lowest BCUT2D eigenvalue weighted by molar-refractivity contribution is -0.298. The molecule has 1 heterocycles. The van der Waals surface area contributed by atoms with Gasteiger partial charge in [0.25, 0.3) is 0 Å². The Labute approximate surface area is 143 Å². The van der Waals surface area contributed by atoms with Crippen molar-refractivity contribution >= 4 is 23.9 Å². The highest BCUT2D eigenvalue weighted by atomic mass is 16.7. The second kappa shape index (κ2) is 9.14. The summed E-state index contributed by atoms with van der Waals surface area (Å²) in [5, 5.41) is 9.34. The summed E-state index contributed by atoms with van der Waals surface area (Å²) in [5.74, 6) is -3.86. The Morgan fingerprint density at radius 3 is 1.88 bits per heavy atom. The number of carboxylic acid groups (broad SMARTS) is 1. The monoisotopic (exact) mass is 360 g/mol. The average molecular weight is 360 g/mol. The summed E-state index contributed by atoms with van der Waals surface area (Å²) < 4.78 is 25.6. The number of hydrogen-bond acceptors (Lipinski definition) is 9. The number of rotatable bonds is 7. The minimum absolute atomic E-state index is 0.0558. The normalized spacial score (nSPS) is 28.5. The Balaban J connectivity index is 3.28. The number of carboxylic acids is 1. The molecule has 0 amide bonds. The first kappa shape index (κ1) is 20.6. The highest BCUT2D eigenvalue weighted by Gasteiger charge is 2.54. The van der Waals surface area contributed by atoms with Gasteiger partial charge in [0.2, 0.25) is 0 Å². The molecule has 0 spiro atoms. The molecule has 0 aliphatic carbocycles. The molecule has 1 saturated heterocycles. The van der Waals surface area contributed by atoms with E-state index in [0.29, 0.717) is 0 Å². The van der Waals surface area contributed by atoms with Crippen LogP contribution in [0, 0.1) is 0 Å².